The molecule has 3 fully saturated rings. The second-order valence-electron chi connectivity index (χ2n) is 11.6. The summed E-state index contributed by atoms with van der Waals surface area (Å²) in [6.45, 7) is 8.02. The SMILES string of the molecule is C[C@@H](Oc1cc(N2CC([C@H]3CCCN(C4CC(C)(C(=O)O)C4)C3)C2)cc2cnoc12)c1ccc(Cl)cc1Cl. The van der Waals surface area contributed by atoms with E-state index in [1.165, 1.54) is 12.8 Å². The predicted octanol–water partition coefficient (Wildman–Crippen LogP) is 6.68. The Morgan fingerprint density at radius 2 is 1.97 bits per heavy atom. The number of halogens is 2. The van der Waals surface area contributed by atoms with E-state index in [4.69, 9.17) is 32.5 Å². The number of hydrogen-bond donors (Lipinski definition) is 1. The molecule has 1 aromatic heterocycles. The molecule has 2 aromatic carbocycles. The molecule has 3 aromatic rings. The van der Waals surface area contributed by atoms with Gasteiger partial charge in [0.1, 0.15) is 6.10 Å². The molecule has 2 aliphatic heterocycles. The summed E-state index contributed by atoms with van der Waals surface area (Å²) in [5, 5.41) is 15.5. The number of rotatable bonds is 7. The number of aliphatic carboxylic acids is 1. The number of piperidine rings is 1. The van der Waals surface area contributed by atoms with E-state index >= 15 is 0 Å². The number of benzene rings is 2. The van der Waals surface area contributed by atoms with Crippen molar-refractivity contribution in [3.63, 3.8) is 0 Å². The van der Waals surface area contributed by atoms with Crippen molar-refractivity contribution in [3.05, 3.63) is 52.1 Å². The number of fused-ring (bicyclic) bond motifs is 1. The number of aromatic nitrogens is 1. The predicted molar refractivity (Wildman–Crippen MR) is 148 cm³/mol. The van der Waals surface area contributed by atoms with Crippen molar-refractivity contribution in [1.82, 2.24) is 10.1 Å². The lowest BCUT2D eigenvalue weighted by molar-refractivity contribution is -0.158. The average molecular weight is 559 g/mol. The Hall–Kier alpha value is -2.48. The highest BCUT2D eigenvalue weighted by Gasteiger charge is 2.49. The van der Waals surface area contributed by atoms with Crippen LogP contribution in [0.3, 0.4) is 0 Å². The minimum Gasteiger partial charge on any atom is -0.482 e. The molecule has 1 saturated carbocycles. The Kier molecular flexibility index (Phi) is 6.73. The highest BCUT2D eigenvalue weighted by Crippen LogP contribution is 2.46. The number of ether oxygens (including phenoxy) is 1. The molecular formula is C29H33Cl2N3O4. The smallest absolute Gasteiger partial charge is 0.309 e. The average Bonchev–Trinajstić information content (AvgIpc) is 3.30. The van der Waals surface area contributed by atoms with Crippen LogP contribution in [0, 0.1) is 17.3 Å². The lowest BCUT2D eigenvalue weighted by atomic mass is 9.65. The third kappa shape index (κ3) is 4.74. The molecule has 7 nitrogen and oxygen atoms in total. The van der Waals surface area contributed by atoms with Gasteiger partial charge in [-0.2, -0.15) is 0 Å². The Morgan fingerprint density at radius 1 is 1.18 bits per heavy atom. The van der Waals surface area contributed by atoms with Gasteiger partial charge in [-0.25, -0.2) is 0 Å². The quantitative estimate of drug-likeness (QED) is 0.347. The third-order valence-electron chi connectivity index (χ3n) is 8.94. The summed E-state index contributed by atoms with van der Waals surface area (Å²) in [6.07, 6.45) is 5.41. The van der Waals surface area contributed by atoms with Gasteiger partial charge in [-0.3, -0.25) is 4.79 Å². The molecule has 3 heterocycles. The van der Waals surface area contributed by atoms with Gasteiger partial charge in [0, 0.05) is 58.4 Å². The molecule has 0 radical (unpaired) electrons. The summed E-state index contributed by atoms with van der Waals surface area (Å²) in [7, 11) is 0. The number of nitrogens with zero attached hydrogens (tertiary/aromatic N) is 3. The van der Waals surface area contributed by atoms with Gasteiger partial charge in [0.15, 0.2) is 5.75 Å². The summed E-state index contributed by atoms with van der Waals surface area (Å²) >= 11 is 12.5. The molecular weight excluding hydrogens is 525 g/mol. The van der Waals surface area contributed by atoms with E-state index in [-0.39, 0.29) is 6.10 Å². The maximum atomic E-state index is 11.5. The molecule has 202 valence electrons. The Bertz CT molecular complexity index is 1350. The zero-order chi connectivity index (χ0) is 26.6. The van der Waals surface area contributed by atoms with Gasteiger partial charge in [-0.05, 0) is 76.1 Å². The minimum atomic E-state index is -0.657. The standard InChI is InChI=1S/C29H33Cl2N3O4/c1-17(24-6-5-21(30)9-25(24)31)37-26-10-22(8-19-13-32-38-27(19)26)34-15-20(16-34)18-4-3-7-33(14-18)23-11-29(2,12-23)28(35)36/h5-6,8-10,13,17-18,20,23H,3-4,7,11-12,14-16H2,1-2H3,(H,35,36)/t17-,18+,23?,29?/m1/s1. The van der Waals surface area contributed by atoms with Gasteiger partial charge >= 0.3 is 5.97 Å². The van der Waals surface area contributed by atoms with Crippen LogP contribution in [-0.2, 0) is 4.79 Å². The Labute approximate surface area is 232 Å². The van der Waals surface area contributed by atoms with E-state index in [0.29, 0.717) is 39.3 Å². The zero-order valence-corrected chi connectivity index (χ0v) is 23.2. The summed E-state index contributed by atoms with van der Waals surface area (Å²) in [5.41, 5.74) is 2.04. The molecule has 2 saturated heterocycles. The number of carboxylic acids is 1. The fourth-order valence-corrected chi connectivity index (χ4v) is 7.05. The van der Waals surface area contributed by atoms with E-state index in [9.17, 15) is 9.90 Å². The molecule has 38 heavy (non-hydrogen) atoms. The fourth-order valence-electron chi connectivity index (χ4n) is 6.48. The molecule has 0 bridgehead atoms. The number of hydrogen-bond acceptors (Lipinski definition) is 6. The molecule has 9 heteroatoms. The van der Waals surface area contributed by atoms with Gasteiger partial charge in [-0.1, -0.05) is 34.4 Å². The zero-order valence-electron chi connectivity index (χ0n) is 21.7. The topological polar surface area (TPSA) is 79.0 Å². The Morgan fingerprint density at radius 3 is 2.71 bits per heavy atom. The van der Waals surface area contributed by atoms with E-state index in [1.54, 1.807) is 12.3 Å². The molecule has 6 rings (SSSR count). The van der Waals surface area contributed by atoms with Gasteiger partial charge in [0.05, 0.1) is 11.6 Å². The first kappa shape index (κ1) is 25.8. The van der Waals surface area contributed by atoms with Crippen molar-refractivity contribution in [1.29, 1.82) is 0 Å². The monoisotopic (exact) mass is 557 g/mol. The van der Waals surface area contributed by atoms with Crippen LogP contribution in [0.2, 0.25) is 10.0 Å². The van der Waals surface area contributed by atoms with Crippen molar-refractivity contribution in [2.75, 3.05) is 31.1 Å². The molecule has 0 spiro atoms. The lowest BCUT2D eigenvalue weighted by Gasteiger charge is -2.52. The fraction of sp³-hybridized carbons (Fsp3) is 0.517. The second-order valence-corrected chi connectivity index (χ2v) is 12.4. The van der Waals surface area contributed by atoms with E-state index < -0.39 is 11.4 Å². The van der Waals surface area contributed by atoms with Crippen LogP contribution in [0.1, 0.15) is 51.2 Å². The summed E-state index contributed by atoms with van der Waals surface area (Å²) in [5.74, 6) is 1.28. The van der Waals surface area contributed by atoms with Crippen LogP contribution in [0.15, 0.2) is 41.1 Å². The summed E-state index contributed by atoms with van der Waals surface area (Å²) in [6, 6.07) is 9.99. The maximum absolute atomic E-state index is 11.5. The number of carbonyl (C=O) groups is 1. The summed E-state index contributed by atoms with van der Waals surface area (Å²) in [4.78, 5) is 16.5. The molecule has 2 atom stereocenters. The molecule has 1 N–H and O–H groups in total. The van der Waals surface area contributed by atoms with Crippen LogP contribution in [-0.4, -0.2) is 53.4 Å². The van der Waals surface area contributed by atoms with E-state index in [0.717, 1.165) is 55.7 Å². The first-order chi connectivity index (χ1) is 18.2. The van der Waals surface area contributed by atoms with Gasteiger partial charge in [-0.15, -0.1) is 0 Å². The molecule has 3 aliphatic rings. The first-order valence-electron chi connectivity index (χ1n) is 13.4. The highest BCUT2D eigenvalue weighted by atomic mass is 35.5. The van der Waals surface area contributed by atoms with Crippen LogP contribution in [0.5, 0.6) is 5.75 Å². The highest BCUT2D eigenvalue weighted by molar-refractivity contribution is 6.35. The van der Waals surface area contributed by atoms with Crippen molar-refractivity contribution in [2.45, 2.75) is 51.7 Å². The van der Waals surface area contributed by atoms with Crippen LogP contribution in [0.25, 0.3) is 11.0 Å². The van der Waals surface area contributed by atoms with Crippen molar-refractivity contribution in [2.24, 2.45) is 17.3 Å². The second kappa shape index (κ2) is 9.92. The largest absolute Gasteiger partial charge is 0.482 e. The molecule has 0 unspecified atom stereocenters. The van der Waals surface area contributed by atoms with Crippen LogP contribution in [0.4, 0.5) is 5.69 Å². The molecule has 1 aliphatic carbocycles. The van der Waals surface area contributed by atoms with Crippen molar-refractivity contribution in [3.8, 4) is 5.75 Å². The first-order valence-corrected chi connectivity index (χ1v) is 14.2. The Balaban J connectivity index is 1.11. The minimum absolute atomic E-state index is 0.296. The van der Waals surface area contributed by atoms with E-state index in [2.05, 4.69) is 21.0 Å². The lowest BCUT2D eigenvalue weighted by Crippen LogP contribution is -2.58. The van der Waals surface area contributed by atoms with Crippen molar-refractivity contribution >= 4 is 45.8 Å². The molecule has 0 amide bonds. The van der Waals surface area contributed by atoms with Gasteiger partial charge in [0.2, 0.25) is 5.58 Å². The van der Waals surface area contributed by atoms with Crippen molar-refractivity contribution < 1.29 is 19.2 Å². The van der Waals surface area contributed by atoms with Crippen LogP contribution >= 0.6 is 23.2 Å². The summed E-state index contributed by atoms with van der Waals surface area (Å²) < 4.78 is 11.9. The number of anilines is 1. The van der Waals surface area contributed by atoms with Crippen LogP contribution < -0.4 is 9.64 Å². The number of carboxylic acid groups (broad SMARTS) is 1. The normalized spacial score (nSPS) is 27.1. The maximum Gasteiger partial charge on any atom is 0.309 e. The van der Waals surface area contributed by atoms with Gasteiger partial charge in [0.25, 0.3) is 0 Å². The number of likely N-dealkylation sites (tertiary alicyclic amines) is 1. The van der Waals surface area contributed by atoms with Gasteiger partial charge < -0.3 is 24.2 Å². The third-order valence-corrected chi connectivity index (χ3v) is 9.51. The van der Waals surface area contributed by atoms with E-state index in [1.807, 2.05) is 32.0 Å².